The summed E-state index contributed by atoms with van der Waals surface area (Å²) >= 11 is 5.72. The maximum atomic E-state index is 12.4. The topological polar surface area (TPSA) is 46.3 Å². The minimum Gasteiger partial charge on any atom is -0.326 e. The Hall–Kier alpha value is -1.06. The van der Waals surface area contributed by atoms with Crippen molar-refractivity contribution in [3.8, 4) is 0 Å². The number of rotatable bonds is 4. The molecule has 0 radical (unpaired) electrons. The number of nitrogens with two attached hydrogens (primary N) is 1. The van der Waals surface area contributed by atoms with Gasteiger partial charge in [0.05, 0.1) is 6.04 Å². The number of halogens is 1. The molecular weight excluding hydrogens is 260 g/mol. The molecule has 1 saturated carbocycles. The molecule has 4 heteroatoms. The number of alkyl halides is 1. The predicted molar refractivity (Wildman–Crippen MR) is 79.4 cm³/mol. The van der Waals surface area contributed by atoms with Crippen molar-refractivity contribution >= 4 is 23.2 Å². The van der Waals surface area contributed by atoms with E-state index in [-0.39, 0.29) is 18.0 Å². The molecule has 1 aliphatic carbocycles. The second kappa shape index (κ2) is 6.40. The maximum Gasteiger partial charge on any atom is 0.228 e. The first-order chi connectivity index (χ1) is 9.13. The molecule has 1 aromatic rings. The fraction of sp³-hybridized carbons (Fsp3) is 0.533. The van der Waals surface area contributed by atoms with E-state index in [0.717, 1.165) is 18.5 Å². The van der Waals surface area contributed by atoms with E-state index >= 15 is 0 Å². The van der Waals surface area contributed by atoms with Gasteiger partial charge in [0, 0.05) is 24.0 Å². The summed E-state index contributed by atoms with van der Waals surface area (Å²) < 4.78 is 0. The molecule has 104 valence electrons. The molecule has 1 fully saturated rings. The van der Waals surface area contributed by atoms with Crippen molar-refractivity contribution in [2.75, 3.05) is 10.8 Å². The Labute approximate surface area is 119 Å². The molecule has 0 saturated heterocycles. The summed E-state index contributed by atoms with van der Waals surface area (Å²) in [6, 6.07) is 9.90. The number of benzene rings is 1. The lowest BCUT2D eigenvalue weighted by atomic mass is 10.1. The third kappa shape index (κ3) is 3.28. The summed E-state index contributed by atoms with van der Waals surface area (Å²) in [5.74, 6) is 0.977. The van der Waals surface area contributed by atoms with E-state index in [4.69, 9.17) is 17.3 Å². The van der Waals surface area contributed by atoms with Crippen LogP contribution in [-0.4, -0.2) is 23.9 Å². The van der Waals surface area contributed by atoms with E-state index in [2.05, 4.69) is 6.92 Å². The van der Waals surface area contributed by atoms with Crippen molar-refractivity contribution in [3.63, 3.8) is 0 Å². The van der Waals surface area contributed by atoms with Gasteiger partial charge < -0.3 is 10.6 Å². The molecule has 0 heterocycles. The van der Waals surface area contributed by atoms with Crippen LogP contribution in [0.2, 0.25) is 0 Å². The van der Waals surface area contributed by atoms with Crippen LogP contribution in [-0.2, 0) is 4.79 Å². The first kappa shape index (κ1) is 14.4. The average molecular weight is 281 g/mol. The van der Waals surface area contributed by atoms with Gasteiger partial charge in [0.1, 0.15) is 0 Å². The number of hydrogen-bond acceptors (Lipinski definition) is 2. The Balaban J connectivity index is 2.27. The van der Waals surface area contributed by atoms with E-state index in [9.17, 15) is 4.79 Å². The number of hydrogen-bond donors (Lipinski definition) is 1. The fourth-order valence-corrected chi connectivity index (χ4v) is 3.07. The smallest absolute Gasteiger partial charge is 0.228 e. The Bertz CT molecular complexity index is 423. The molecule has 1 amide bonds. The van der Waals surface area contributed by atoms with Crippen LogP contribution in [0.4, 0.5) is 5.69 Å². The molecule has 1 aromatic carbocycles. The van der Waals surface area contributed by atoms with Gasteiger partial charge in [0.25, 0.3) is 0 Å². The predicted octanol–water partition coefficient (Wildman–Crippen LogP) is 2.77. The highest BCUT2D eigenvalue weighted by Crippen LogP contribution is 2.31. The Morgan fingerprint density at radius 2 is 2.05 bits per heavy atom. The normalized spacial score (nSPS) is 26.4. The quantitative estimate of drug-likeness (QED) is 0.862. The van der Waals surface area contributed by atoms with Gasteiger partial charge in [-0.05, 0) is 30.9 Å². The average Bonchev–Trinajstić information content (AvgIpc) is 2.70. The molecule has 0 aliphatic heterocycles. The van der Waals surface area contributed by atoms with Crippen molar-refractivity contribution in [1.29, 1.82) is 0 Å². The minimum absolute atomic E-state index is 0.0504. The highest BCUT2D eigenvalue weighted by molar-refractivity contribution is 6.19. The SMILES string of the molecule is CC1CC(N)C(N(C(=O)CCCl)c2ccccc2)C1. The lowest BCUT2D eigenvalue weighted by molar-refractivity contribution is -0.118. The Kier molecular flexibility index (Phi) is 4.83. The van der Waals surface area contributed by atoms with Gasteiger partial charge in [0.2, 0.25) is 5.91 Å². The van der Waals surface area contributed by atoms with Gasteiger partial charge in [-0.25, -0.2) is 0 Å². The molecule has 3 nitrogen and oxygen atoms in total. The Morgan fingerprint density at radius 3 is 2.58 bits per heavy atom. The standard InChI is InChI=1S/C15H21ClN2O/c1-11-9-13(17)14(10-11)18(15(19)7-8-16)12-5-3-2-4-6-12/h2-6,11,13-14H,7-10,17H2,1H3. The van der Waals surface area contributed by atoms with Crippen molar-refractivity contribution in [1.82, 2.24) is 0 Å². The number of nitrogens with zero attached hydrogens (tertiary/aromatic N) is 1. The van der Waals surface area contributed by atoms with Crippen LogP contribution in [0.1, 0.15) is 26.2 Å². The molecule has 3 unspecified atom stereocenters. The lowest BCUT2D eigenvalue weighted by Crippen LogP contribution is -2.48. The highest BCUT2D eigenvalue weighted by atomic mass is 35.5. The summed E-state index contributed by atoms with van der Waals surface area (Å²) in [6.45, 7) is 2.19. The van der Waals surface area contributed by atoms with Crippen LogP contribution < -0.4 is 10.6 Å². The zero-order valence-corrected chi connectivity index (χ0v) is 12.0. The summed E-state index contributed by atoms with van der Waals surface area (Å²) in [4.78, 5) is 14.2. The van der Waals surface area contributed by atoms with E-state index in [1.54, 1.807) is 0 Å². The summed E-state index contributed by atoms with van der Waals surface area (Å²) in [5.41, 5.74) is 7.14. The zero-order chi connectivity index (χ0) is 13.8. The summed E-state index contributed by atoms with van der Waals surface area (Å²) in [6.07, 6.45) is 2.29. The van der Waals surface area contributed by atoms with Crippen LogP contribution in [0.3, 0.4) is 0 Å². The molecular formula is C15H21ClN2O. The van der Waals surface area contributed by atoms with E-state index in [0.29, 0.717) is 18.2 Å². The number of carbonyl (C=O) groups excluding carboxylic acids is 1. The second-order valence-corrected chi connectivity index (χ2v) is 5.72. The first-order valence-corrected chi connectivity index (χ1v) is 7.35. The van der Waals surface area contributed by atoms with Crippen molar-refractivity contribution in [2.45, 2.75) is 38.3 Å². The van der Waals surface area contributed by atoms with Crippen molar-refractivity contribution in [3.05, 3.63) is 30.3 Å². The van der Waals surface area contributed by atoms with Crippen LogP contribution in [0.15, 0.2) is 30.3 Å². The van der Waals surface area contributed by atoms with E-state index in [1.807, 2.05) is 35.2 Å². The van der Waals surface area contributed by atoms with Gasteiger partial charge in [-0.3, -0.25) is 4.79 Å². The van der Waals surface area contributed by atoms with E-state index in [1.165, 1.54) is 0 Å². The molecule has 2 rings (SSSR count). The fourth-order valence-electron chi connectivity index (χ4n) is 2.91. The summed E-state index contributed by atoms with van der Waals surface area (Å²) in [7, 11) is 0. The molecule has 1 aliphatic rings. The molecule has 3 atom stereocenters. The van der Waals surface area contributed by atoms with Gasteiger partial charge in [-0.15, -0.1) is 11.6 Å². The molecule has 0 bridgehead atoms. The summed E-state index contributed by atoms with van der Waals surface area (Å²) in [5, 5.41) is 0. The lowest BCUT2D eigenvalue weighted by Gasteiger charge is -2.32. The maximum absolute atomic E-state index is 12.4. The molecule has 0 spiro atoms. The van der Waals surface area contributed by atoms with Crippen LogP contribution in [0, 0.1) is 5.92 Å². The van der Waals surface area contributed by atoms with E-state index < -0.39 is 0 Å². The molecule has 19 heavy (non-hydrogen) atoms. The van der Waals surface area contributed by atoms with Gasteiger partial charge in [-0.2, -0.15) is 0 Å². The number of anilines is 1. The minimum atomic E-state index is 0.0504. The number of amides is 1. The van der Waals surface area contributed by atoms with Crippen LogP contribution in [0.5, 0.6) is 0 Å². The van der Waals surface area contributed by atoms with Gasteiger partial charge >= 0.3 is 0 Å². The van der Waals surface area contributed by atoms with Crippen molar-refractivity contribution in [2.24, 2.45) is 11.7 Å². The van der Waals surface area contributed by atoms with Crippen molar-refractivity contribution < 1.29 is 4.79 Å². The monoisotopic (exact) mass is 280 g/mol. The van der Waals surface area contributed by atoms with Crippen LogP contribution in [0.25, 0.3) is 0 Å². The third-order valence-electron chi connectivity index (χ3n) is 3.76. The third-order valence-corrected chi connectivity index (χ3v) is 3.94. The van der Waals surface area contributed by atoms with Gasteiger partial charge in [0.15, 0.2) is 0 Å². The van der Waals surface area contributed by atoms with Crippen LogP contribution >= 0.6 is 11.6 Å². The Morgan fingerprint density at radius 1 is 1.37 bits per heavy atom. The number of carbonyl (C=O) groups is 1. The largest absolute Gasteiger partial charge is 0.326 e. The zero-order valence-electron chi connectivity index (χ0n) is 11.3. The first-order valence-electron chi connectivity index (χ1n) is 6.82. The molecule has 0 aromatic heterocycles. The van der Waals surface area contributed by atoms with Gasteiger partial charge in [-0.1, -0.05) is 25.1 Å². The highest BCUT2D eigenvalue weighted by Gasteiger charge is 2.36. The second-order valence-electron chi connectivity index (χ2n) is 5.35. The number of para-hydroxylation sites is 1. The molecule has 2 N–H and O–H groups in total.